The summed E-state index contributed by atoms with van der Waals surface area (Å²) in [7, 11) is 0. The molecule has 0 unspecified atom stereocenters. The van der Waals surface area contributed by atoms with Crippen molar-refractivity contribution in [2.45, 2.75) is 33.3 Å². The number of anilines is 2. The van der Waals surface area contributed by atoms with Crippen molar-refractivity contribution in [3.8, 4) is 17.0 Å². The standard InChI is InChI=1S/C26H26N4O4/c1-15-20(14-28-24-22(15)30(10-11-33-24)25(32)34-26(2,3)4)16-7-8-21-18(12-16)19(23(31)29-21)13-17-6-5-9-27-17/h5-9,12-14,27H,10-11H2,1-4H3,(H,29,31)/b19-13-. The van der Waals surface area contributed by atoms with E-state index >= 15 is 0 Å². The molecule has 2 aromatic heterocycles. The second kappa shape index (κ2) is 8.06. The molecule has 8 nitrogen and oxygen atoms in total. The molecule has 2 N–H and O–H groups in total. The first-order chi connectivity index (χ1) is 16.2. The summed E-state index contributed by atoms with van der Waals surface area (Å²) in [5.74, 6) is 0.259. The maximum Gasteiger partial charge on any atom is 0.415 e. The molecule has 0 aliphatic carbocycles. The van der Waals surface area contributed by atoms with Crippen molar-refractivity contribution in [3.63, 3.8) is 0 Å². The number of pyridine rings is 1. The second-order valence-electron chi connectivity index (χ2n) is 9.33. The first kappa shape index (κ1) is 21.8. The Kier molecular flexibility index (Phi) is 5.16. The summed E-state index contributed by atoms with van der Waals surface area (Å²) in [6, 6.07) is 9.59. The van der Waals surface area contributed by atoms with E-state index in [1.807, 2.05) is 70.3 Å². The summed E-state index contributed by atoms with van der Waals surface area (Å²) in [6.07, 6.45) is 4.96. The number of amides is 2. The van der Waals surface area contributed by atoms with E-state index in [4.69, 9.17) is 9.47 Å². The number of ether oxygens (including phenoxy) is 2. The molecule has 4 heterocycles. The molecule has 0 bridgehead atoms. The van der Waals surface area contributed by atoms with E-state index in [1.54, 1.807) is 11.1 Å². The van der Waals surface area contributed by atoms with E-state index in [-0.39, 0.29) is 5.91 Å². The Morgan fingerprint density at radius 1 is 1.24 bits per heavy atom. The third-order valence-electron chi connectivity index (χ3n) is 5.75. The number of nitrogens with one attached hydrogen (secondary N) is 2. The molecule has 0 saturated carbocycles. The number of hydrogen-bond acceptors (Lipinski definition) is 5. The van der Waals surface area contributed by atoms with Gasteiger partial charge in [-0.1, -0.05) is 6.07 Å². The van der Waals surface area contributed by atoms with Gasteiger partial charge in [0.05, 0.1) is 12.1 Å². The minimum atomic E-state index is -0.615. The lowest BCUT2D eigenvalue weighted by Crippen LogP contribution is -2.42. The highest BCUT2D eigenvalue weighted by Crippen LogP contribution is 2.41. The highest BCUT2D eigenvalue weighted by Gasteiger charge is 2.32. The fourth-order valence-corrected chi connectivity index (χ4v) is 4.22. The van der Waals surface area contributed by atoms with E-state index in [2.05, 4.69) is 15.3 Å². The summed E-state index contributed by atoms with van der Waals surface area (Å²) in [6.45, 7) is 8.18. The molecule has 5 rings (SSSR count). The first-order valence-electron chi connectivity index (χ1n) is 11.2. The SMILES string of the molecule is Cc1c(-c2ccc3c(c2)/C(=C/c2ccc[nH]2)C(=O)N3)cnc2c1N(C(=O)OC(C)(C)C)CCO2. The van der Waals surface area contributed by atoms with Crippen molar-refractivity contribution in [2.24, 2.45) is 0 Å². The average Bonchev–Trinajstić information content (AvgIpc) is 3.40. The third kappa shape index (κ3) is 3.91. The van der Waals surface area contributed by atoms with Crippen molar-refractivity contribution >= 4 is 35.0 Å². The van der Waals surface area contributed by atoms with Gasteiger partial charge in [0, 0.05) is 34.9 Å². The Bertz CT molecular complexity index is 1320. The van der Waals surface area contributed by atoms with Crippen LogP contribution in [0.5, 0.6) is 5.88 Å². The fourth-order valence-electron chi connectivity index (χ4n) is 4.22. The number of fused-ring (bicyclic) bond motifs is 2. The lowest BCUT2D eigenvalue weighted by atomic mass is 9.96. The zero-order valence-corrected chi connectivity index (χ0v) is 19.6. The largest absolute Gasteiger partial charge is 0.474 e. The van der Waals surface area contributed by atoms with Crippen LogP contribution < -0.4 is 15.0 Å². The Balaban J connectivity index is 1.57. The van der Waals surface area contributed by atoms with E-state index in [0.29, 0.717) is 30.3 Å². The number of nitrogens with zero attached hydrogens (tertiary/aromatic N) is 2. The van der Waals surface area contributed by atoms with Crippen LogP contribution in [-0.4, -0.2) is 40.7 Å². The number of hydrogen-bond donors (Lipinski definition) is 2. The van der Waals surface area contributed by atoms with Crippen LogP contribution in [0.1, 0.15) is 37.6 Å². The van der Waals surface area contributed by atoms with Crippen LogP contribution in [0.3, 0.4) is 0 Å². The van der Waals surface area contributed by atoms with Gasteiger partial charge >= 0.3 is 6.09 Å². The van der Waals surface area contributed by atoms with Gasteiger partial charge in [-0.25, -0.2) is 9.78 Å². The van der Waals surface area contributed by atoms with Gasteiger partial charge in [-0.05, 0) is 69.2 Å². The molecule has 2 aliphatic heterocycles. The van der Waals surface area contributed by atoms with Gasteiger partial charge in [0.15, 0.2) is 0 Å². The number of aromatic nitrogens is 2. The second-order valence-corrected chi connectivity index (χ2v) is 9.33. The summed E-state index contributed by atoms with van der Waals surface area (Å²) in [5, 5.41) is 2.92. The summed E-state index contributed by atoms with van der Waals surface area (Å²) >= 11 is 0. The monoisotopic (exact) mass is 458 g/mol. The third-order valence-corrected chi connectivity index (χ3v) is 5.75. The number of H-pyrrole nitrogens is 1. The minimum Gasteiger partial charge on any atom is -0.474 e. The Hall–Kier alpha value is -4.07. The van der Waals surface area contributed by atoms with E-state index in [0.717, 1.165) is 33.6 Å². The molecular weight excluding hydrogens is 432 g/mol. The summed E-state index contributed by atoms with van der Waals surface area (Å²) in [5.41, 5.74) is 5.58. The van der Waals surface area contributed by atoms with Gasteiger partial charge in [-0.3, -0.25) is 9.69 Å². The van der Waals surface area contributed by atoms with Crippen LogP contribution in [0.4, 0.5) is 16.2 Å². The van der Waals surface area contributed by atoms with Crippen LogP contribution in [0.15, 0.2) is 42.7 Å². The van der Waals surface area contributed by atoms with E-state index < -0.39 is 11.7 Å². The number of aromatic amines is 1. The smallest absolute Gasteiger partial charge is 0.415 e. The topological polar surface area (TPSA) is 96.6 Å². The van der Waals surface area contributed by atoms with Crippen LogP contribution in [0.2, 0.25) is 0 Å². The number of carbonyl (C=O) groups excluding carboxylic acids is 2. The van der Waals surface area contributed by atoms with E-state index in [1.165, 1.54) is 0 Å². The maximum atomic E-state index is 12.9. The fraction of sp³-hybridized carbons (Fsp3) is 0.269. The maximum absolute atomic E-state index is 12.9. The Labute approximate surface area is 197 Å². The van der Waals surface area contributed by atoms with Gasteiger partial charge in [-0.2, -0.15) is 0 Å². The van der Waals surface area contributed by atoms with Crippen molar-refractivity contribution in [3.05, 3.63) is 59.5 Å². The average molecular weight is 459 g/mol. The minimum absolute atomic E-state index is 0.147. The zero-order chi connectivity index (χ0) is 24.0. The molecule has 1 aromatic carbocycles. The Morgan fingerprint density at radius 2 is 2.06 bits per heavy atom. The lowest BCUT2D eigenvalue weighted by molar-refractivity contribution is -0.110. The van der Waals surface area contributed by atoms with Gasteiger partial charge < -0.3 is 19.8 Å². The molecule has 34 heavy (non-hydrogen) atoms. The molecule has 0 radical (unpaired) electrons. The predicted molar refractivity (Wildman–Crippen MR) is 131 cm³/mol. The first-order valence-corrected chi connectivity index (χ1v) is 11.2. The number of benzene rings is 1. The number of rotatable bonds is 2. The Morgan fingerprint density at radius 3 is 2.79 bits per heavy atom. The van der Waals surface area contributed by atoms with Crippen LogP contribution in [0, 0.1) is 6.92 Å². The van der Waals surface area contributed by atoms with Crippen molar-refractivity contribution in [1.82, 2.24) is 9.97 Å². The van der Waals surface area contributed by atoms with Gasteiger partial charge in [0.1, 0.15) is 17.9 Å². The molecular formula is C26H26N4O4. The molecule has 2 amide bonds. The highest BCUT2D eigenvalue weighted by atomic mass is 16.6. The van der Waals surface area contributed by atoms with Gasteiger partial charge in [0.25, 0.3) is 5.91 Å². The molecule has 0 atom stereocenters. The molecule has 0 spiro atoms. The molecule has 3 aromatic rings. The zero-order valence-electron chi connectivity index (χ0n) is 19.6. The predicted octanol–water partition coefficient (Wildman–Crippen LogP) is 5.01. The normalized spacial score (nSPS) is 16.1. The van der Waals surface area contributed by atoms with Crippen molar-refractivity contribution in [1.29, 1.82) is 0 Å². The van der Waals surface area contributed by atoms with Crippen molar-refractivity contribution < 1.29 is 19.1 Å². The molecule has 0 saturated heterocycles. The van der Waals surface area contributed by atoms with E-state index in [9.17, 15) is 9.59 Å². The molecule has 0 fully saturated rings. The molecule has 2 aliphatic rings. The molecule has 174 valence electrons. The molecule has 8 heteroatoms. The quantitative estimate of drug-likeness (QED) is 0.526. The van der Waals surface area contributed by atoms with Crippen LogP contribution in [-0.2, 0) is 9.53 Å². The summed E-state index contributed by atoms with van der Waals surface area (Å²) in [4.78, 5) is 34.7. The number of carbonyl (C=O) groups is 2. The highest BCUT2D eigenvalue weighted by molar-refractivity contribution is 6.35. The van der Waals surface area contributed by atoms with Gasteiger partial charge in [0.2, 0.25) is 5.88 Å². The lowest BCUT2D eigenvalue weighted by Gasteiger charge is -2.32. The van der Waals surface area contributed by atoms with Crippen LogP contribution >= 0.6 is 0 Å². The van der Waals surface area contributed by atoms with Crippen LogP contribution in [0.25, 0.3) is 22.8 Å². The van der Waals surface area contributed by atoms with Gasteiger partial charge in [-0.15, -0.1) is 0 Å². The summed E-state index contributed by atoms with van der Waals surface area (Å²) < 4.78 is 11.4. The van der Waals surface area contributed by atoms with Crippen molar-refractivity contribution in [2.75, 3.05) is 23.4 Å².